The van der Waals surface area contributed by atoms with Crippen LogP contribution in [0.25, 0.3) is 0 Å². The van der Waals surface area contributed by atoms with Crippen LogP contribution in [0.2, 0.25) is 0 Å². The molecule has 2 nitrogen and oxygen atoms in total. The molecule has 1 unspecified atom stereocenters. The van der Waals surface area contributed by atoms with Gasteiger partial charge >= 0.3 is 0 Å². The van der Waals surface area contributed by atoms with Crippen LogP contribution in [-0.2, 0) is 4.79 Å². The summed E-state index contributed by atoms with van der Waals surface area (Å²) in [5, 5.41) is 0. The molecule has 1 heterocycles. The highest BCUT2D eigenvalue weighted by molar-refractivity contribution is 5.76. The molecule has 1 rings (SSSR count). The molecule has 1 fully saturated rings. The maximum Gasteiger partial charge on any atom is 0.222 e. The predicted molar refractivity (Wildman–Crippen MR) is 63.7 cm³/mol. The second-order valence-electron chi connectivity index (χ2n) is 6.01. The van der Waals surface area contributed by atoms with Crippen molar-refractivity contribution in [3.8, 4) is 0 Å². The summed E-state index contributed by atoms with van der Waals surface area (Å²) >= 11 is 0. The number of amides is 1. The molecular formula is C13H25NO. The summed E-state index contributed by atoms with van der Waals surface area (Å²) in [7, 11) is 0. The van der Waals surface area contributed by atoms with Crippen molar-refractivity contribution in [2.24, 2.45) is 5.41 Å². The summed E-state index contributed by atoms with van der Waals surface area (Å²) in [5.41, 5.74) is 0.312. The van der Waals surface area contributed by atoms with Crippen LogP contribution in [0, 0.1) is 5.41 Å². The fourth-order valence-corrected chi connectivity index (χ4v) is 2.47. The van der Waals surface area contributed by atoms with Gasteiger partial charge in [0.05, 0.1) is 0 Å². The molecule has 15 heavy (non-hydrogen) atoms. The van der Waals surface area contributed by atoms with E-state index in [9.17, 15) is 4.79 Å². The first-order chi connectivity index (χ1) is 6.90. The minimum absolute atomic E-state index is 0.312. The van der Waals surface area contributed by atoms with E-state index in [2.05, 4.69) is 32.6 Å². The molecule has 1 saturated heterocycles. The lowest BCUT2D eigenvalue weighted by molar-refractivity contribution is -0.133. The molecule has 0 aromatic carbocycles. The first-order valence-corrected chi connectivity index (χ1v) is 6.19. The van der Waals surface area contributed by atoms with E-state index in [1.807, 2.05) is 0 Å². The molecular weight excluding hydrogens is 186 g/mol. The predicted octanol–water partition coefficient (Wildman–Crippen LogP) is 3.21. The molecule has 0 radical (unpaired) electrons. The van der Waals surface area contributed by atoms with Crippen molar-refractivity contribution >= 4 is 5.91 Å². The number of carbonyl (C=O) groups excluding carboxylic acids is 1. The second kappa shape index (κ2) is 5.00. The van der Waals surface area contributed by atoms with E-state index in [0.29, 0.717) is 17.4 Å². The smallest absolute Gasteiger partial charge is 0.222 e. The fraction of sp³-hybridized carbons (Fsp3) is 0.923. The molecule has 0 aromatic rings. The van der Waals surface area contributed by atoms with Crippen molar-refractivity contribution in [2.75, 3.05) is 6.54 Å². The summed E-state index contributed by atoms with van der Waals surface area (Å²) < 4.78 is 0. The summed E-state index contributed by atoms with van der Waals surface area (Å²) in [5.74, 6) is 0.365. The molecule has 0 aromatic heterocycles. The molecule has 2 heteroatoms. The van der Waals surface area contributed by atoms with Gasteiger partial charge in [-0.1, -0.05) is 27.2 Å². The highest BCUT2D eigenvalue weighted by Gasteiger charge is 2.25. The lowest BCUT2D eigenvalue weighted by Gasteiger charge is -2.32. The van der Waals surface area contributed by atoms with Crippen molar-refractivity contribution in [3.05, 3.63) is 0 Å². The van der Waals surface area contributed by atoms with Crippen molar-refractivity contribution in [1.82, 2.24) is 4.90 Å². The Morgan fingerprint density at radius 3 is 2.53 bits per heavy atom. The van der Waals surface area contributed by atoms with Crippen LogP contribution in [0.4, 0.5) is 0 Å². The quantitative estimate of drug-likeness (QED) is 0.687. The number of nitrogens with zero attached hydrogens (tertiary/aromatic N) is 1. The van der Waals surface area contributed by atoms with E-state index < -0.39 is 0 Å². The highest BCUT2D eigenvalue weighted by Crippen LogP contribution is 2.25. The van der Waals surface area contributed by atoms with Gasteiger partial charge in [-0.3, -0.25) is 4.79 Å². The molecule has 1 aliphatic heterocycles. The lowest BCUT2D eigenvalue weighted by atomic mass is 9.88. The zero-order chi connectivity index (χ0) is 11.5. The van der Waals surface area contributed by atoms with Crippen LogP contribution in [0.1, 0.15) is 59.8 Å². The van der Waals surface area contributed by atoms with E-state index >= 15 is 0 Å². The highest BCUT2D eigenvalue weighted by atomic mass is 16.2. The molecule has 88 valence electrons. The third-order valence-corrected chi connectivity index (χ3v) is 3.05. The largest absolute Gasteiger partial charge is 0.340 e. The zero-order valence-electron chi connectivity index (χ0n) is 10.7. The Morgan fingerprint density at radius 2 is 1.93 bits per heavy atom. The summed E-state index contributed by atoms with van der Waals surface area (Å²) in [6, 6.07) is 0.399. The van der Waals surface area contributed by atoms with Crippen molar-refractivity contribution in [1.29, 1.82) is 0 Å². The third-order valence-electron chi connectivity index (χ3n) is 3.05. The van der Waals surface area contributed by atoms with E-state index in [-0.39, 0.29) is 0 Å². The maximum absolute atomic E-state index is 11.9. The minimum atomic E-state index is 0.312. The van der Waals surface area contributed by atoms with E-state index in [1.54, 1.807) is 0 Å². The normalized spacial score (nSPS) is 21.3. The van der Waals surface area contributed by atoms with Crippen LogP contribution in [0.3, 0.4) is 0 Å². The molecule has 0 N–H and O–H groups in total. The average molecular weight is 211 g/mol. The molecule has 0 bridgehead atoms. The van der Waals surface area contributed by atoms with Crippen LogP contribution >= 0.6 is 0 Å². The summed E-state index contributed by atoms with van der Waals surface area (Å²) in [4.78, 5) is 14.0. The van der Waals surface area contributed by atoms with Gasteiger partial charge in [-0.05, 0) is 31.6 Å². The monoisotopic (exact) mass is 211 g/mol. The molecule has 1 atom stereocenters. The number of rotatable bonds is 2. The van der Waals surface area contributed by atoms with Crippen LogP contribution in [0.15, 0.2) is 0 Å². The Kier molecular flexibility index (Phi) is 4.18. The number of hydrogen-bond acceptors (Lipinski definition) is 1. The molecule has 0 spiro atoms. The zero-order valence-corrected chi connectivity index (χ0v) is 10.7. The maximum atomic E-state index is 11.9. The minimum Gasteiger partial charge on any atom is -0.340 e. The number of likely N-dealkylation sites (tertiary alicyclic amines) is 1. The summed E-state index contributed by atoms with van der Waals surface area (Å²) in [6.45, 7) is 9.88. The lowest BCUT2D eigenvalue weighted by Crippen LogP contribution is -2.40. The van der Waals surface area contributed by atoms with Crippen molar-refractivity contribution in [3.63, 3.8) is 0 Å². The van der Waals surface area contributed by atoms with E-state index in [0.717, 1.165) is 25.8 Å². The SMILES string of the molecule is CC(CC(C)(C)C)N1CCCCCC1=O. The van der Waals surface area contributed by atoms with Gasteiger partial charge in [0.2, 0.25) is 5.91 Å². The third kappa shape index (κ3) is 4.23. The topological polar surface area (TPSA) is 20.3 Å². The molecule has 1 amide bonds. The van der Waals surface area contributed by atoms with Gasteiger partial charge in [0.25, 0.3) is 0 Å². The van der Waals surface area contributed by atoms with Gasteiger partial charge in [0.1, 0.15) is 0 Å². The van der Waals surface area contributed by atoms with Crippen LogP contribution < -0.4 is 0 Å². The number of hydrogen-bond donors (Lipinski definition) is 0. The van der Waals surface area contributed by atoms with Gasteiger partial charge in [-0.2, -0.15) is 0 Å². The number of carbonyl (C=O) groups is 1. The Balaban J connectivity index is 2.56. The Bertz CT molecular complexity index is 217. The average Bonchev–Trinajstić information content (AvgIpc) is 2.26. The fourth-order valence-electron chi connectivity index (χ4n) is 2.47. The Morgan fingerprint density at radius 1 is 1.27 bits per heavy atom. The van der Waals surface area contributed by atoms with E-state index in [4.69, 9.17) is 0 Å². The van der Waals surface area contributed by atoms with E-state index in [1.165, 1.54) is 12.8 Å². The van der Waals surface area contributed by atoms with Crippen LogP contribution in [0.5, 0.6) is 0 Å². The van der Waals surface area contributed by atoms with Gasteiger partial charge in [-0.15, -0.1) is 0 Å². The van der Waals surface area contributed by atoms with Gasteiger partial charge in [-0.25, -0.2) is 0 Å². The van der Waals surface area contributed by atoms with Crippen LogP contribution in [-0.4, -0.2) is 23.4 Å². The van der Waals surface area contributed by atoms with Crippen molar-refractivity contribution < 1.29 is 4.79 Å². The summed E-state index contributed by atoms with van der Waals surface area (Å²) in [6.07, 6.45) is 5.33. The Labute approximate surface area is 94.0 Å². The van der Waals surface area contributed by atoms with Gasteiger partial charge < -0.3 is 4.90 Å². The first-order valence-electron chi connectivity index (χ1n) is 6.19. The molecule has 1 aliphatic rings. The van der Waals surface area contributed by atoms with Gasteiger partial charge in [0, 0.05) is 19.0 Å². The molecule has 0 saturated carbocycles. The Hall–Kier alpha value is -0.530. The standard InChI is InChI=1S/C13H25NO/c1-11(10-13(2,3)4)14-9-7-5-6-8-12(14)15/h11H,5-10H2,1-4H3. The van der Waals surface area contributed by atoms with Crippen molar-refractivity contribution in [2.45, 2.75) is 65.8 Å². The molecule has 0 aliphatic carbocycles. The van der Waals surface area contributed by atoms with Gasteiger partial charge in [0.15, 0.2) is 0 Å². The second-order valence-corrected chi connectivity index (χ2v) is 6.01. The first kappa shape index (κ1) is 12.5.